The molecule has 1 aliphatic heterocycles. The highest BCUT2D eigenvalue weighted by molar-refractivity contribution is 7.89. The van der Waals surface area contributed by atoms with Gasteiger partial charge in [-0.05, 0) is 54.7 Å². The van der Waals surface area contributed by atoms with Crippen LogP contribution in [0.15, 0.2) is 47.4 Å². The number of hydrogen-bond acceptors (Lipinski definition) is 3. The van der Waals surface area contributed by atoms with Gasteiger partial charge in [-0.25, -0.2) is 13.1 Å². The molecule has 154 valence electrons. The van der Waals surface area contributed by atoms with Crippen molar-refractivity contribution in [2.75, 3.05) is 11.4 Å². The zero-order chi connectivity index (χ0) is 20.8. The van der Waals surface area contributed by atoms with Gasteiger partial charge in [0.2, 0.25) is 15.9 Å². The molecule has 1 amide bonds. The number of nitrogens with one attached hydrogen (secondary N) is 1. The Balaban J connectivity index is 1.49. The van der Waals surface area contributed by atoms with Crippen molar-refractivity contribution in [2.24, 2.45) is 5.92 Å². The van der Waals surface area contributed by atoms with E-state index in [-0.39, 0.29) is 28.8 Å². The molecule has 1 heterocycles. The van der Waals surface area contributed by atoms with Gasteiger partial charge in [-0.3, -0.25) is 4.79 Å². The Morgan fingerprint density at radius 1 is 1.14 bits per heavy atom. The second-order valence-corrected chi connectivity index (χ2v) is 9.09. The van der Waals surface area contributed by atoms with E-state index in [1.807, 2.05) is 0 Å². The first-order valence-electron chi connectivity index (χ1n) is 9.25. The molecule has 1 saturated carbocycles. The standard InChI is InChI=1S/C20H19F3N2O3S/c21-20(22,23)16-3-1-2-13(10-16)12-24-29(27,28)17-6-7-18-15(11-17)8-9-25(18)19(26)14-4-5-14/h1-3,6-7,10-11,14,24H,4-5,8-9,12H2. The summed E-state index contributed by atoms with van der Waals surface area (Å²) in [6.07, 6.45) is -2.11. The summed E-state index contributed by atoms with van der Waals surface area (Å²) in [4.78, 5) is 14.1. The van der Waals surface area contributed by atoms with Crippen molar-refractivity contribution in [3.05, 3.63) is 59.2 Å². The summed E-state index contributed by atoms with van der Waals surface area (Å²) in [5.74, 6) is 0.167. The van der Waals surface area contributed by atoms with Crippen LogP contribution < -0.4 is 9.62 Å². The molecule has 2 aromatic rings. The average Bonchev–Trinajstić information content (AvgIpc) is 3.44. The molecule has 5 nitrogen and oxygen atoms in total. The number of hydrogen-bond donors (Lipinski definition) is 1. The summed E-state index contributed by atoms with van der Waals surface area (Å²) in [5.41, 5.74) is 0.901. The number of nitrogens with zero attached hydrogens (tertiary/aromatic N) is 1. The van der Waals surface area contributed by atoms with Gasteiger partial charge >= 0.3 is 6.18 Å². The summed E-state index contributed by atoms with van der Waals surface area (Å²) in [5, 5.41) is 0. The number of sulfonamides is 1. The first-order valence-corrected chi connectivity index (χ1v) is 10.7. The van der Waals surface area contributed by atoms with E-state index in [1.165, 1.54) is 24.3 Å². The molecule has 0 aromatic heterocycles. The van der Waals surface area contributed by atoms with Gasteiger partial charge in [0.1, 0.15) is 0 Å². The van der Waals surface area contributed by atoms with Gasteiger partial charge in [0, 0.05) is 24.7 Å². The first-order chi connectivity index (χ1) is 13.6. The number of amides is 1. The van der Waals surface area contributed by atoms with E-state index in [4.69, 9.17) is 0 Å². The third kappa shape index (κ3) is 4.16. The van der Waals surface area contributed by atoms with E-state index < -0.39 is 21.8 Å². The van der Waals surface area contributed by atoms with Crippen LogP contribution in [0.4, 0.5) is 18.9 Å². The van der Waals surface area contributed by atoms with Crippen molar-refractivity contribution in [1.82, 2.24) is 4.72 Å². The van der Waals surface area contributed by atoms with Crippen LogP contribution in [0.5, 0.6) is 0 Å². The SMILES string of the molecule is O=C(C1CC1)N1CCc2cc(S(=O)(=O)NCc3cccc(C(F)(F)F)c3)ccc21. The average molecular weight is 424 g/mol. The number of halogens is 3. The Kier molecular flexibility index (Phi) is 4.90. The lowest BCUT2D eigenvalue weighted by molar-refractivity contribution is -0.137. The van der Waals surface area contributed by atoms with Crippen molar-refractivity contribution in [2.45, 2.75) is 36.9 Å². The maximum Gasteiger partial charge on any atom is 0.416 e. The number of carbonyl (C=O) groups is 1. The van der Waals surface area contributed by atoms with Crippen LogP contribution in [-0.2, 0) is 34.0 Å². The minimum Gasteiger partial charge on any atom is -0.312 e. The maximum atomic E-state index is 12.8. The highest BCUT2D eigenvalue weighted by Crippen LogP contribution is 2.37. The monoisotopic (exact) mass is 424 g/mol. The summed E-state index contributed by atoms with van der Waals surface area (Å²) < 4.78 is 66.0. The van der Waals surface area contributed by atoms with Gasteiger partial charge < -0.3 is 4.90 Å². The fraction of sp³-hybridized carbons (Fsp3) is 0.350. The smallest absolute Gasteiger partial charge is 0.312 e. The van der Waals surface area contributed by atoms with Crippen LogP contribution in [0, 0.1) is 5.92 Å². The molecule has 0 saturated heterocycles. The first kappa shape index (κ1) is 19.9. The Morgan fingerprint density at radius 3 is 2.59 bits per heavy atom. The molecular weight excluding hydrogens is 405 g/mol. The molecule has 0 spiro atoms. The van der Waals surface area contributed by atoms with E-state index in [0.717, 1.165) is 36.2 Å². The summed E-state index contributed by atoms with van der Waals surface area (Å²) >= 11 is 0. The number of alkyl halides is 3. The molecule has 9 heteroatoms. The van der Waals surface area contributed by atoms with Crippen LogP contribution in [-0.4, -0.2) is 20.9 Å². The van der Waals surface area contributed by atoms with Gasteiger partial charge in [0.05, 0.1) is 10.5 Å². The van der Waals surface area contributed by atoms with Crippen molar-refractivity contribution in [1.29, 1.82) is 0 Å². The summed E-state index contributed by atoms with van der Waals surface area (Å²) in [7, 11) is -3.90. The maximum absolute atomic E-state index is 12.8. The highest BCUT2D eigenvalue weighted by atomic mass is 32.2. The Labute approximate surface area is 166 Å². The van der Waals surface area contributed by atoms with Crippen molar-refractivity contribution >= 4 is 21.6 Å². The largest absolute Gasteiger partial charge is 0.416 e. The van der Waals surface area contributed by atoms with Gasteiger partial charge in [0.15, 0.2) is 0 Å². The quantitative estimate of drug-likeness (QED) is 0.799. The predicted molar refractivity (Wildman–Crippen MR) is 101 cm³/mol. The van der Waals surface area contributed by atoms with Crippen LogP contribution in [0.3, 0.4) is 0 Å². The van der Waals surface area contributed by atoms with Crippen LogP contribution in [0.1, 0.15) is 29.5 Å². The van der Waals surface area contributed by atoms with Crippen molar-refractivity contribution in [3.8, 4) is 0 Å². The highest BCUT2D eigenvalue weighted by Gasteiger charge is 2.36. The van der Waals surface area contributed by atoms with E-state index >= 15 is 0 Å². The topological polar surface area (TPSA) is 66.5 Å². The van der Waals surface area contributed by atoms with Crippen LogP contribution >= 0.6 is 0 Å². The van der Waals surface area contributed by atoms with Gasteiger partial charge in [-0.1, -0.05) is 18.2 Å². The second kappa shape index (κ2) is 7.14. The normalized spacial score (nSPS) is 16.7. The third-order valence-corrected chi connectivity index (χ3v) is 6.57. The number of carbonyl (C=O) groups excluding carboxylic acids is 1. The second-order valence-electron chi connectivity index (χ2n) is 7.33. The fourth-order valence-electron chi connectivity index (χ4n) is 3.44. The summed E-state index contributed by atoms with van der Waals surface area (Å²) in [6.45, 7) is 0.279. The molecule has 0 atom stereocenters. The number of fused-ring (bicyclic) bond motifs is 1. The lowest BCUT2D eigenvalue weighted by Gasteiger charge is -2.17. The number of rotatable bonds is 5. The molecule has 2 aliphatic rings. The molecule has 2 aromatic carbocycles. The molecule has 0 unspecified atom stereocenters. The van der Waals surface area contributed by atoms with Crippen LogP contribution in [0.2, 0.25) is 0 Å². The van der Waals surface area contributed by atoms with Gasteiger partial charge in [-0.15, -0.1) is 0 Å². The van der Waals surface area contributed by atoms with Crippen molar-refractivity contribution < 1.29 is 26.4 Å². The van der Waals surface area contributed by atoms with E-state index in [2.05, 4.69) is 4.72 Å². The number of benzene rings is 2. The molecule has 1 aliphatic carbocycles. The lowest BCUT2D eigenvalue weighted by atomic mass is 10.1. The van der Waals surface area contributed by atoms with Gasteiger partial charge in [-0.2, -0.15) is 13.2 Å². The van der Waals surface area contributed by atoms with E-state index in [0.29, 0.717) is 13.0 Å². The molecule has 29 heavy (non-hydrogen) atoms. The minimum absolute atomic E-state index is 0.0314. The van der Waals surface area contributed by atoms with Gasteiger partial charge in [0.25, 0.3) is 0 Å². The molecule has 0 radical (unpaired) electrons. The Morgan fingerprint density at radius 2 is 1.90 bits per heavy atom. The van der Waals surface area contributed by atoms with Crippen LogP contribution in [0.25, 0.3) is 0 Å². The third-order valence-electron chi connectivity index (χ3n) is 5.17. The Hall–Kier alpha value is -2.39. The van der Waals surface area contributed by atoms with Crippen molar-refractivity contribution in [3.63, 3.8) is 0 Å². The molecule has 4 rings (SSSR count). The number of anilines is 1. The lowest BCUT2D eigenvalue weighted by Crippen LogP contribution is -2.30. The zero-order valence-corrected chi connectivity index (χ0v) is 16.2. The molecule has 0 bridgehead atoms. The molecule has 1 fully saturated rings. The van der Waals surface area contributed by atoms with E-state index in [1.54, 1.807) is 11.0 Å². The minimum atomic E-state index is -4.49. The zero-order valence-electron chi connectivity index (χ0n) is 15.4. The predicted octanol–water partition coefficient (Wildman–Crippen LogP) is 3.48. The molecular formula is C20H19F3N2O3S. The van der Waals surface area contributed by atoms with E-state index in [9.17, 15) is 26.4 Å². The fourth-order valence-corrected chi connectivity index (χ4v) is 4.51. The summed E-state index contributed by atoms with van der Waals surface area (Å²) in [6, 6.07) is 9.12. The molecule has 1 N–H and O–H groups in total. The Bertz CT molecular complexity index is 1060.